The molecular weight excluding hydrogens is 236 g/mol. The Morgan fingerprint density at radius 3 is 2.32 bits per heavy atom. The zero-order valence-corrected chi connectivity index (χ0v) is 10.7. The van der Waals surface area contributed by atoms with Gasteiger partial charge in [-0.3, -0.25) is 0 Å². The highest BCUT2D eigenvalue weighted by Crippen LogP contribution is 2.45. The van der Waals surface area contributed by atoms with Gasteiger partial charge in [-0.05, 0) is 17.2 Å². The molecule has 2 aliphatic rings. The third-order valence-corrected chi connectivity index (χ3v) is 4.31. The number of ether oxygens (including phenoxy) is 1. The fourth-order valence-corrected chi connectivity index (χ4v) is 3.46. The van der Waals surface area contributed by atoms with Crippen LogP contribution in [0.5, 0.6) is 5.75 Å². The number of rotatable bonds is 0. The second-order valence-corrected chi connectivity index (χ2v) is 5.67. The number of para-hydroxylation sites is 1. The van der Waals surface area contributed by atoms with Gasteiger partial charge >= 0.3 is 0 Å². The van der Waals surface area contributed by atoms with Crippen LogP contribution in [0.4, 0.5) is 0 Å². The summed E-state index contributed by atoms with van der Waals surface area (Å²) in [5.41, 5.74) is 3.38. The maximum atomic E-state index is 10.4. The lowest BCUT2D eigenvalue weighted by atomic mass is 9.86. The second kappa shape index (κ2) is 3.84. The molecule has 4 rings (SSSR count). The van der Waals surface area contributed by atoms with E-state index in [1.54, 1.807) is 0 Å². The van der Waals surface area contributed by atoms with E-state index in [9.17, 15) is 5.11 Å². The van der Waals surface area contributed by atoms with Gasteiger partial charge in [-0.2, -0.15) is 0 Å². The zero-order valence-electron chi connectivity index (χ0n) is 10.7. The minimum Gasteiger partial charge on any atom is -0.486 e. The minimum atomic E-state index is -0.417. The molecule has 19 heavy (non-hydrogen) atoms. The number of aliphatic hydroxyl groups excluding tert-OH is 1. The van der Waals surface area contributed by atoms with E-state index < -0.39 is 6.10 Å². The van der Waals surface area contributed by atoms with Crippen molar-refractivity contribution in [2.45, 2.75) is 31.0 Å². The van der Waals surface area contributed by atoms with Crippen molar-refractivity contribution in [3.63, 3.8) is 0 Å². The number of hydrogen-bond acceptors (Lipinski definition) is 2. The molecule has 0 fully saturated rings. The van der Waals surface area contributed by atoms with Crippen molar-refractivity contribution in [3.05, 3.63) is 65.2 Å². The number of aliphatic hydroxyl groups is 1. The lowest BCUT2D eigenvalue weighted by Gasteiger charge is -2.38. The van der Waals surface area contributed by atoms with Crippen LogP contribution in [0.3, 0.4) is 0 Å². The number of benzene rings is 2. The van der Waals surface area contributed by atoms with Crippen LogP contribution in [0.15, 0.2) is 48.5 Å². The zero-order chi connectivity index (χ0) is 12.9. The number of hydrogen-bond donors (Lipinski definition) is 1. The van der Waals surface area contributed by atoms with Gasteiger partial charge in [-0.15, -0.1) is 0 Å². The van der Waals surface area contributed by atoms with Crippen LogP contribution in [-0.4, -0.2) is 10.7 Å². The molecule has 1 atom stereocenters. The quantitative estimate of drug-likeness (QED) is 0.781. The van der Waals surface area contributed by atoms with Crippen molar-refractivity contribution in [1.29, 1.82) is 0 Å². The fraction of sp³-hybridized carbons (Fsp3) is 0.294. The molecule has 2 nitrogen and oxygen atoms in total. The van der Waals surface area contributed by atoms with Gasteiger partial charge in [0.15, 0.2) is 0 Å². The molecule has 2 aromatic rings. The van der Waals surface area contributed by atoms with Crippen molar-refractivity contribution < 1.29 is 9.84 Å². The molecule has 2 heteroatoms. The third-order valence-electron chi connectivity index (χ3n) is 4.31. The molecule has 96 valence electrons. The van der Waals surface area contributed by atoms with Gasteiger partial charge < -0.3 is 9.84 Å². The summed E-state index contributed by atoms with van der Waals surface area (Å²) in [6.45, 7) is 0. The van der Waals surface area contributed by atoms with Crippen LogP contribution < -0.4 is 4.74 Å². The van der Waals surface area contributed by atoms with E-state index in [1.807, 2.05) is 24.3 Å². The molecule has 0 saturated carbocycles. The molecule has 0 aromatic heterocycles. The van der Waals surface area contributed by atoms with Crippen LogP contribution in [0.1, 0.15) is 29.2 Å². The van der Waals surface area contributed by atoms with Crippen LogP contribution >= 0.6 is 0 Å². The molecule has 1 aliphatic heterocycles. The first-order valence-electron chi connectivity index (χ1n) is 6.79. The molecule has 0 saturated heterocycles. The Morgan fingerprint density at radius 1 is 0.947 bits per heavy atom. The van der Waals surface area contributed by atoms with E-state index in [1.165, 1.54) is 11.1 Å². The smallest absolute Gasteiger partial charge is 0.125 e. The van der Waals surface area contributed by atoms with Gasteiger partial charge in [-0.25, -0.2) is 0 Å². The summed E-state index contributed by atoms with van der Waals surface area (Å²) in [5.74, 6) is 0.842. The average Bonchev–Trinajstić information content (AvgIpc) is 2.75. The van der Waals surface area contributed by atoms with Gasteiger partial charge in [-0.1, -0.05) is 42.5 Å². The van der Waals surface area contributed by atoms with Crippen molar-refractivity contribution in [2.75, 3.05) is 0 Å². The van der Waals surface area contributed by atoms with E-state index in [4.69, 9.17) is 4.74 Å². The Balaban J connectivity index is 1.73. The monoisotopic (exact) mass is 252 g/mol. The Labute approximate surface area is 112 Å². The second-order valence-electron chi connectivity index (χ2n) is 5.67. The van der Waals surface area contributed by atoms with Gasteiger partial charge in [0.2, 0.25) is 0 Å². The first kappa shape index (κ1) is 11.1. The average molecular weight is 252 g/mol. The van der Waals surface area contributed by atoms with E-state index in [-0.39, 0.29) is 5.60 Å². The molecule has 1 aliphatic carbocycles. The highest BCUT2D eigenvalue weighted by molar-refractivity contribution is 5.42. The van der Waals surface area contributed by atoms with Crippen LogP contribution in [0.2, 0.25) is 0 Å². The van der Waals surface area contributed by atoms with Crippen LogP contribution in [0, 0.1) is 0 Å². The van der Waals surface area contributed by atoms with E-state index in [0.29, 0.717) is 6.42 Å². The van der Waals surface area contributed by atoms with E-state index in [2.05, 4.69) is 24.3 Å². The maximum Gasteiger partial charge on any atom is 0.125 e. The molecule has 0 amide bonds. The summed E-state index contributed by atoms with van der Waals surface area (Å²) in [5, 5.41) is 10.4. The topological polar surface area (TPSA) is 29.5 Å². The molecule has 0 unspecified atom stereocenters. The lowest BCUT2D eigenvalue weighted by Crippen LogP contribution is -2.42. The standard InChI is InChI=1S/C17H16O2/c18-15-11-17(19-16-8-4-3-7-14(15)16)9-12-5-1-2-6-13(12)10-17/h1-8,15,18H,9-11H2/t15-/m0/s1. The molecule has 0 bridgehead atoms. The highest BCUT2D eigenvalue weighted by atomic mass is 16.5. The Hall–Kier alpha value is -1.80. The van der Waals surface area contributed by atoms with Crippen LogP contribution in [-0.2, 0) is 12.8 Å². The SMILES string of the molecule is O[C@H]1CC2(Cc3ccccc3C2)Oc2ccccc21. The maximum absolute atomic E-state index is 10.4. The summed E-state index contributed by atoms with van der Waals surface area (Å²) < 4.78 is 6.27. The van der Waals surface area contributed by atoms with Gasteiger partial charge in [0.05, 0.1) is 6.10 Å². The summed E-state index contributed by atoms with van der Waals surface area (Å²) in [7, 11) is 0. The lowest BCUT2D eigenvalue weighted by molar-refractivity contribution is -0.00703. The van der Waals surface area contributed by atoms with Crippen molar-refractivity contribution in [2.24, 2.45) is 0 Å². The molecule has 1 heterocycles. The molecular formula is C17H16O2. The third kappa shape index (κ3) is 1.67. The first-order valence-corrected chi connectivity index (χ1v) is 6.79. The summed E-state index contributed by atoms with van der Waals surface area (Å²) in [4.78, 5) is 0. The Kier molecular flexibility index (Phi) is 2.24. The first-order chi connectivity index (χ1) is 9.26. The molecule has 1 N–H and O–H groups in total. The van der Waals surface area contributed by atoms with Gasteiger partial charge in [0, 0.05) is 24.8 Å². The van der Waals surface area contributed by atoms with Crippen molar-refractivity contribution in [1.82, 2.24) is 0 Å². The predicted octanol–water partition coefficient (Wildman–Crippen LogP) is 3.04. The fourth-order valence-electron chi connectivity index (χ4n) is 3.46. The predicted molar refractivity (Wildman–Crippen MR) is 73.2 cm³/mol. The Bertz CT molecular complexity index is 608. The van der Waals surface area contributed by atoms with E-state index in [0.717, 1.165) is 24.2 Å². The summed E-state index contributed by atoms with van der Waals surface area (Å²) in [6.07, 6.45) is 2.06. The molecule has 2 aromatic carbocycles. The highest BCUT2D eigenvalue weighted by Gasteiger charge is 2.44. The normalized spacial score (nSPS) is 22.7. The Morgan fingerprint density at radius 2 is 1.58 bits per heavy atom. The summed E-state index contributed by atoms with van der Waals surface area (Å²) in [6, 6.07) is 16.3. The number of fused-ring (bicyclic) bond motifs is 2. The largest absolute Gasteiger partial charge is 0.486 e. The molecule has 1 spiro atoms. The van der Waals surface area contributed by atoms with Crippen molar-refractivity contribution >= 4 is 0 Å². The van der Waals surface area contributed by atoms with E-state index >= 15 is 0 Å². The van der Waals surface area contributed by atoms with Gasteiger partial charge in [0.1, 0.15) is 11.4 Å². The van der Waals surface area contributed by atoms with Gasteiger partial charge in [0.25, 0.3) is 0 Å². The molecule has 0 radical (unpaired) electrons. The van der Waals surface area contributed by atoms with Crippen LogP contribution in [0.25, 0.3) is 0 Å². The minimum absolute atomic E-state index is 0.253. The summed E-state index contributed by atoms with van der Waals surface area (Å²) >= 11 is 0. The van der Waals surface area contributed by atoms with Crippen molar-refractivity contribution in [3.8, 4) is 5.75 Å².